The van der Waals surface area contributed by atoms with Crippen LogP contribution in [0.5, 0.6) is 11.5 Å². The van der Waals surface area contributed by atoms with Gasteiger partial charge in [0.15, 0.2) is 5.75 Å². The summed E-state index contributed by atoms with van der Waals surface area (Å²) in [4.78, 5) is 9.67. The number of benzene rings is 5. The van der Waals surface area contributed by atoms with E-state index in [1.54, 1.807) is 0 Å². The average Bonchev–Trinajstić information content (AvgIpc) is 3.91. The van der Waals surface area contributed by atoms with Crippen molar-refractivity contribution in [2.75, 3.05) is 0 Å². The third kappa shape index (κ3) is 4.48. The van der Waals surface area contributed by atoms with Gasteiger partial charge in [-0.2, -0.15) is 5.10 Å². The minimum Gasteiger partial charge on any atom is -0.455 e. The van der Waals surface area contributed by atoms with E-state index in [1.165, 1.54) is 22.3 Å². The fraction of sp³-hybridized carbons (Fsp3) is 0.0682. The monoisotopic (exact) mass is 660 g/mol. The zero-order chi connectivity index (χ0) is 34.2. The molecule has 10 rings (SSSR count). The van der Waals surface area contributed by atoms with Crippen molar-refractivity contribution in [2.24, 2.45) is 0 Å². The minimum absolute atomic E-state index is 0.708. The Hall–Kier alpha value is -6.73. The van der Waals surface area contributed by atoms with Crippen LogP contribution < -0.4 is 4.74 Å². The third-order valence-corrected chi connectivity index (χ3v) is 9.92. The Balaban J connectivity index is 1.22. The zero-order valence-corrected chi connectivity index (χ0v) is 28.4. The van der Waals surface area contributed by atoms with E-state index in [4.69, 9.17) is 19.8 Å². The molecule has 10 aromatic rings. The highest BCUT2D eigenvalue weighted by Crippen LogP contribution is 2.46. The number of fused-ring (bicyclic) bond motifs is 10. The van der Waals surface area contributed by atoms with Gasteiger partial charge in [0.2, 0.25) is 0 Å². The average molecular weight is 661 g/mol. The van der Waals surface area contributed by atoms with Gasteiger partial charge in [-0.3, -0.25) is 4.40 Å². The van der Waals surface area contributed by atoms with Gasteiger partial charge in [-0.15, -0.1) is 0 Å². The molecule has 51 heavy (non-hydrogen) atoms. The van der Waals surface area contributed by atoms with Crippen molar-refractivity contribution in [1.29, 1.82) is 0 Å². The molecule has 0 N–H and O–H groups in total. The van der Waals surface area contributed by atoms with E-state index in [-0.39, 0.29) is 0 Å². The molecule has 7 nitrogen and oxygen atoms in total. The maximum Gasteiger partial charge on any atom is 0.152 e. The van der Waals surface area contributed by atoms with E-state index >= 15 is 0 Å². The van der Waals surface area contributed by atoms with Crippen LogP contribution in [0, 0.1) is 20.8 Å². The molecule has 5 aromatic carbocycles. The molecule has 0 saturated heterocycles. The van der Waals surface area contributed by atoms with Crippen LogP contribution in [0.15, 0.2) is 140 Å². The van der Waals surface area contributed by atoms with Crippen molar-refractivity contribution in [2.45, 2.75) is 20.8 Å². The molecule has 0 fully saturated rings. The number of hydrogen-bond acceptors (Lipinski definition) is 4. The number of ether oxygens (including phenoxy) is 1. The molecule has 0 aliphatic rings. The predicted molar refractivity (Wildman–Crippen MR) is 206 cm³/mol. The second kappa shape index (κ2) is 11.1. The topological polar surface area (TPSA) is 62.2 Å². The summed E-state index contributed by atoms with van der Waals surface area (Å²) in [6.45, 7) is 6.44. The quantitative estimate of drug-likeness (QED) is 0.172. The molecule has 5 heterocycles. The number of imidazole rings is 1. The van der Waals surface area contributed by atoms with Gasteiger partial charge >= 0.3 is 0 Å². The highest BCUT2D eigenvalue weighted by atomic mass is 16.5. The summed E-state index contributed by atoms with van der Waals surface area (Å²) in [6.07, 6.45) is 7.67. The fourth-order valence-corrected chi connectivity index (χ4v) is 7.97. The van der Waals surface area contributed by atoms with Gasteiger partial charge in [0.05, 0.1) is 22.4 Å². The lowest BCUT2D eigenvalue weighted by Crippen LogP contribution is -1.99. The number of hydrogen-bond donors (Lipinski definition) is 0. The molecule has 0 saturated carbocycles. The fourth-order valence-electron chi connectivity index (χ4n) is 7.97. The van der Waals surface area contributed by atoms with Crippen molar-refractivity contribution in [3.8, 4) is 34.1 Å². The van der Waals surface area contributed by atoms with Crippen molar-refractivity contribution < 1.29 is 4.74 Å². The number of aryl methyl sites for hydroxylation is 3. The van der Waals surface area contributed by atoms with Crippen LogP contribution in [0.2, 0.25) is 0 Å². The van der Waals surface area contributed by atoms with E-state index in [2.05, 4.69) is 115 Å². The summed E-state index contributed by atoms with van der Waals surface area (Å²) in [5, 5.41) is 10.4. The van der Waals surface area contributed by atoms with Crippen LogP contribution in [0.1, 0.15) is 16.7 Å². The molecular weight excluding hydrogens is 629 g/mol. The molecule has 7 heteroatoms. The van der Waals surface area contributed by atoms with Crippen molar-refractivity contribution >= 4 is 49.3 Å². The van der Waals surface area contributed by atoms with Gasteiger partial charge < -0.3 is 9.30 Å². The minimum atomic E-state index is 0.708. The van der Waals surface area contributed by atoms with Crippen LogP contribution in [0.25, 0.3) is 71.9 Å². The number of rotatable bonds is 5. The summed E-state index contributed by atoms with van der Waals surface area (Å²) in [5.41, 5.74) is 11.6. The predicted octanol–water partition coefficient (Wildman–Crippen LogP) is 10.7. The lowest BCUT2D eigenvalue weighted by Gasteiger charge is -2.16. The van der Waals surface area contributed by atoms with Crippen molar-refractivity contribution in [1.82, 2.24) is 28.7 Å². The first-order valence-electron chi connectivity index (χ1n) is 17.1. The lowest BCUT2D eigenvalue weighted by molar-refractivity contribution is 0.487. The number of para-hydroxylation sites is 2. The molecule has 0 unspecified atom stereocenters. The molecule has 5 aromatic heterocycles. The Morgan fingerprint density at radius 3 is 2.20 bits per heavy atom. The second-order valence-electron chi connectivity index (χ2n) is 13.2. The maximum absolute atomic E-state index is 7.02. The molecule has 0 radical (unpaired) electrons. The highest BCUT2D eigenvalue weighted by Gasteiger charge is 2.23. The van der Waals surface area contributed by atoms with E-state index < -0.39 is 0 Å². The third-order valence-electron chi connectivity index (χ3n) is 9.92. The molecule has 0 spiro atoms. The number of pyridine rings is 2. The van der Waals surface area contributed by atoms with Gasteiger partial charge in [0.25, 0.3) is 0 Å². The van der Waals surface area contributed by atoms with Gasteiger partial charge in [0, 0.05) is 69.0 Å². The van der Waals surface area contributed by atoms with Crippen LogP contribution in [-0.4, -0.2) is 28.7 Å². The van der Waals surface area contributed by atoms with Crippen LogP contribution >= 0.6 is 0 Å². The Morgan fingerprint density at radius 1 is 0.588 bits per heavy atom. The first kappa shape index (κ1) is 29.2. The summed E-state index contributed by atoms with van der Waals surface area (Å²) < 4.78 is 13.3. The van der Waals surface area contributed by atoms with Crippen molar-refractivity contribution in [3.05, 3.63) is 157 Å². The summed E-state index contributed by atoms with van der Waals surface area (Å²) in [7, 11) is 0. The molecule has 0 atom stereocenters. The van der Waals surface area contributed by atoms with Crippen molar-refractivity contribution in [3.63, 3.8) is 0 Å². The van der Waals surface area contributed by atoms with Gasteiger partial charge in [0.1, 0.15) is 17.0 Å². The molecule has 0 aliphatic carbocycles. The standard InChI is InChI=1S/C44H32N6O/c1-27-23-28(2)39(29(3)24-27)36-18-21-49(47-36)31-13-9-14-32(25-31)51-38-26-35-40(34-16-10-19-45-43(34)48-22-20-46-44(35)48)41-33-15-7-8-17-37(33)50(42(38)41)30-11-5-4-6-12-30/h4-26H,1-3H3. The van der Waals surface area contributed by atoms with Crippen LogP contribution in [0.4, 0.5) is 0 Å². The lowest BCUT2D eigenvalue weighted by atomic mass is 9.98. The van der Waals surface area contributed by atoms with Gasteiger partial charge in [-0.1, -0.05) is 60.2 Å². The Labute approximate surface area is 293 Å². The van der Waals surface area contributed by atoms with Gasteiger partial charge in [-0.05, 0) is 86.5 Å². The summed E-state index contributed by atoms with van der Waals surface area (Å²) >= 11 is 0. The van der Waals surface area contributed by atoms with Gasteiger partial charge in [-0.25, -0.2) is 14.6 Å². The van der Waals surface area contributed by atoms with E-state index in [0.717, 1.165) is 72.1 Å². The first-order valence-corrected chi connectivity index (χ1v) is 17.1. The largest absolute Gasteiger partial charge is 0.455 e. The van der Waals surface area contributed by atoms with Crippen LogP contribution in [-0.2, 0) is 0 Å². The normalized spacial score (nSPS) is 11.8. The number of aromatic nitrogens is 6. The number of nitrogens with zero attached hydrogens (tertiary/aromatic N) is 6. The van der Waals surface area contributed by atoms with E-state index in [1.807, 2.05) is 59.8 Å². The Bertz CT molecular complexity index is 2960. The summed E-state index contributed by atoms with van der Waals surface area (Å²) in [6, 6.07) is 40.0. The second-order valence-corrected chi connectivity index (χ2v) is 13.2. The highest BCUT2D eigenvalue weighted by molar-refractivity contribution is 6.31. The summed E-state index contributed by atoms with van der Waals surface area (Å²) in [5.74, 6) is 1.44. The van der Waals surface area contributed by atoms with Crippen LogP contribution in [0.3, 0.4) is 0 Å². The molecule has 0 amide bonds. The smallest absolute Gasteiger partial charge is 0.152 e. The Morgan fingerprint density at radius 2 is 1.33 bits per heavy atom. The SMILES string of the molecule is Cc1cc(C)c(-c2ccn(-c3cccc(Oc4cc5c(c6cccnc6n6ccnc56)c5c6ccccc6n(-c6ccccc6)c45)c3)n2)c(C)c1. The molecule has 0 bridgehead atoms. The Kier molecular flexibility index (Phi) is 6.39. The molecule has 244 valence electrons. The van der Waals surface area contributed by atoms with E-state index in [0.29, 0.717) is 5.75 Å². The first-order chi connectivity index (χ1) is 25.0. The molecule has 0 aliphatic heterocycles. The van der Waals surface area contributed by atoms with E-state index in [9.17, 15) is 0 Å². The zero-order valence-electron chi connectivity index (χ0n) is 28.4. The molecular formula is C44H32N6O. The maximum atomic E-state index is 7.02.